The van der Waals surface area contributed by atoms with E-state index in [1.807, 2.05) is 0 Å². The molecule has 116 valence electrons. The van der Waals surface area contributed by atoms with Crippen molar-refractivity contribution in [3.8, 4) is 5.75 Å². The monoisotopic (exact) mass is 352 g/mol. The molecule has 2 aliphatic rings. The number of hydrogen-bond acceptors (Lipinski definition) is 3. The largest absolute Gasteiger partial charge is 0.493 e. The summed E-state index contributed by atoms with van der Waals surface area (Å²) in [5.74, 6) is 1.14. The van der Waals surface area contributed by atoms with Crippen LogP contribution in [0.4, 0.5) is 0 Å². The number of hydrogen-bond donors (Lipinski definition) is 1. The normalized spacial score (nSPS) is 21.5. The van der Waals surface area contributed by atoms with Crippen LogP contribution in [0.5, 0.6) is 5.75 Å². The summed E-state index contributed by atoms with van der Waals surface area (Å²) < 4.78 is 7.05. The molecule has 1 aromatic rings. The predicted molar refractivity (Wildman–Crippen MR) is 89.9 cm³/mol. The highest BCUT2D eigenvalue weighted by atomic mass is 79.9. The molecule has 4 heteroatoms. The van der Waals surface area contributed by atoms with Crippen molar-refractivity contribution >= 4 is 15.9 Å². The Kier molecular flexibility index (Phi) is 5.19. The van der Waals surface area contributed by atoms with Crippen molar-refractivity contribution in [3.63, 3.8) is 0 Å². The first-order chi connectivity index (χ1) is 10.3. The van der Waals surface area contributed by atoms with E-state index >= 15 is 0 Å². The van der Waals surface area contributed by atoms with Crippen molar-refractivity contribution in [2.24, 2.45) is 0 Å². The molecule has 1 atom stereocenters. The number of nitrogens with zero attached hydrogens (tertiary/aromatic N) is 1. The molecular formula is C17H25BrN2O. The van der Waals surface area contributed by atoms with Gasteiger partial charge in [-0.15, -0.1) is 0 Å². The maximum Gasteiger partial charge on any atom is 0.127 e. The van der Waals surface area contributed by atoms with Gasteiger partial charge in [0.15, 0.2) is 0 Å². The molecule has 0 radical (unpaired) electrons. The smallest absolute Gasteiger partial charge is 0.127 e. The first-order valence-electron chi connectivity index (χ1n) is 8.16. The lowest BCUT2D eigenvalue weighted by Crippen LogP contribution is -2.37. The first-order valence-corrected chi connectivity index (χ1v) is 8.96. The van der Waals surface area contributed by atoms with Crippen molar-refractivity contribution in [1.82, 2.24) is 10.2 Å². The molecule has 2 heterocycles. The third-order valence-corrected chi connectivity index (χ3v) is 4.96. The van der Waals surface area contributed by atoms with Crippen molar-refractivity contribution in [2.75, 3.05) is 26.2 Å². The zero-order chi connectivity index (χ0) is 14.7. The lowest BCUT2D eigenvalue weighted by atomic mass is 10.1. The first kappa shape index (κ1) is 15.3. The quantitative estimate of drug-likeness (QED) is 0.794. The van der Waals surface area contributed by atoms with Crippen LogP contribution in [-0.2, 0) is 13.0 Å². The van der Waals surface area contributed by atoms with Gasteiger partial charge >= 0.3 is 0 Å². The SMILES string of the molecule is CCCNCC1CCCN1Cc1cc(Br)cc2c1OCC2. The van der Waals surface area contributed by atoms with Gasteiger partial charge in [0.2, 0.25) is 0 Å². The average molecular weight is 353 g/mol. The van der Waals surface area contributed by atoms with Crippen LogP contribution in [0.25, 0.3) is 0 Å². The van der Waals surface area contributed by atoms with Gasteiger partial charge in [-0.25, -0.2) is 0 Å². The third kappa shape index (κ3) is 3.61. The molecule has 3 rings (SSSR count). The van der Waals surface area contributed by atoms with E-state index in [4.69, 9.17) is 4.74 Å². The maximum atomic E-state index is 5.87. The zero-order valence-electron chi connectivity index (χ0n) is 12.8. The fraction of sp³-hybridized carbons (Fsp3) is 0.647. The van der Waals surface area contributed by atoms with Gasteiger partial charge in [-0.05, 0) is 50.0 Å². The summed E-state index contributed by atoms with van der Waals surface area (Å²) in [6, 6.07) is 5.11. The second-order valence-electron chi connectivity index (χ2n) is 6.12. The topological polar surface area (TPSA) is 24.5 Å². The van der Waals surface area contributed by atoms with Crippen LogP contribution in [0.15, 0.2) is 16.6 Å². The Balaban J connectivity index is 1.68. The van der Waals surface area contributed by atoms with Gasteiger partial charge in [0, 0.05) is 35.6 Å². The number of rotatable bonds is 6. The molecule has 2 aliphatic heterocycles. The second-order valence-corrected chi connectivity index (χ2v) is 7.04. The van der Waals surface area contributed by atoms with Crippen LogP contribution in [0.1, 0.15) is 37.3 Å². The zero-order valence-corrected chi connectivity index (χ0v) is 14.4. The second kappa shape index (κ2) is 7.12. The van der Waals surface area contributed by atoms with Crippen LogP contribution in [0.2, 0.25) is 0 Å². The summed E-state index contributed by atoms with van der Waals surface area (Å²) in [6.45, 7) is 7.52. The highest BCUT2D eigenvalue weighted by molar-refractivity contribution is 9.10. The Morgan fingerprint density at radius 3 is 3.19 bits per heavy atom. The summed E-state index contributed by atoms with van der Waals surface area (Å²) in [7, 11) is 0. The van der Waals surface area contributed by atoms with E-state index in [0.717, 1.165) is 38.4 Å². The Morgan fingerprint density at radius 2 is 2.33 bits per heavy atom. The van der Waals surface area contributed by atoms with Gasteiger partial charge in [0.25, 0.3) is 0 Å². The minimum Gasteiger partial charge on any atom is -0.493 e. The van der Waals surface area contributed by atoms with Gasteiger partial charge in [0.05, 0.1) is 6.61 Å². The van der Waals surface area contributed by atoms with Crippen LogP contribution >= 0.6 is 15.9 Å². The molecule has 0 aliphatic carbocycles. The molecule has 1 unspecified atom stereocenters. The van der Waals surface area contributed by atoms with E-state index in [2.05, 4.69) is 45.2 Å². The number of benzene rings is 1. The molecule has 1 aromatic carbocycles. The van der Waals surface area contributed by atoms with E-state index in [1.54, 1.807) is 0 Å². The minimum absolute atomic E-state index is 0.674. The maximum absolute atomic E-state index is 5.87. The Labute approximate surface area is 136 Å². The molecule has 1 saturated heterocycles. The van der Waals surface area contributed by atoms with Crippen molar-refractivity contribution in [2.45, 2.75) is 45.2 Å². The van der Waals surface area contributed by atoms with Crippen LogP contribution in [0, 0.1) is 0 Å². The van der Waals surface area contributed by atoms with Crippen LogP contribution in [0.3, 0.4) is 0 Å². The Bertz CT molecular complexity index is 492. The molecule has 1 fully saturated rings. The van der Waals surface area contributed by atoms with Crippen molar-refractivity contribution in [3.05, 3.63) is 27.7 Å². The van der Waals surface area contributed by atoms with E-state index in [1.165, 1.54) is 41.4 Å². The van der Waals surface area contributed by atoms with E-state index in [0.29, 0.717) is 6.04 Å². The molecular weight excluding hydrogens is 328 g/mol. The van der Waals surface area contributed by atoms with Gasteiger partial charge in [-0.3, -0.25) is 4.90 Å². The summed E-state index contributed by atoms with van der Waals surface area (Å²) in [5.41, 5.74) is 2.71. The summed E-state index contributed by atoms with van der Waals surface area (Å²) >= 11 is 3.65. The molecule has 3 nitrogen and oxygen atoms in total. The molecule has 0 bridgehead atoms. The van der Waals surface area contributed by atoms with Gasteiger partial charge in [0.1, 0.15) is 5.75 Å². The Morgan fingerprint density at radius 1 is 1.43 bits per heavy atom. The minimum atomic E-state index is 0.674. The third-order valence-electron chi connectivity index (χ3n) is 4.50. The number of nitrogens with one attached hydrogen (secondary N) is 1. The molecule has 1 N–H and O–H groups in total. The number of ether oxygens (including phenoxy) is 1. The standard InChI is InChI=1S/C17H25BrN2O/c1-2-6-19-11-16-4-3-7-20(16)12-14-10-15(18)9-13-5-8-21-17(13)14/h9-10,16,19H,2-8,11-12H2,1H3. The van der Waals surface area contributed by atoms with Crippen LogP contribution < -0.4 is 10.1 Å². The van der Waals surface area contributed by atoms with Gasteiger partial charge in [-0.1, -0.05) is 22.9 Å². The molecule has 21 heavy (non-hydrogen) atoms. The Hall–Kier alpha value is -0.580. The fourth-order valence-electron chi connectivity index (χ4n) is 3.46. The average Bonchev–Trinajstić information content (AvgIpc) is 3.08. The van der Waals surface area contributed by atoms with Gasteiger partial charge < -0.3 is 10.1 Å². The number of fused-ring (bicyclic) bond motifs is 1. The summed E-state index contributed by atoms with van der Waals surface area (Å²) in [6.07, 6.45) is 4.88. The number of likely N-dealkylation sites (tertiary alicyclic amines) is 1. The molecule has 0 saturated carbocycles. The predicted octanol–water partition coefficient (Wildman–Crippen LogP) is 3.35. The highest BCUT2D eigenvalue weighted by Gasteiger charge is 2.26. The highest BCUT2D eigenvalue weighted by Crippen LogP contribution is 2.34. The van der Waals surface area contributed by atoms with Crippen molar-refractivity contribution < 1.29 is 4.74 Å². The van der Waals surface area contributed by atoms with E-state index < -0.39 is 0 Å². The lowest BCUT2D eigenvalue weighted by molar-refractivity contribution is 0.235. The number of halogens is 1. The van der Waals surface area contributed by atoms with Gasteiger partial charge in [-0.2, -0.15) is 0 Å². The molecule has 0 amide bonds. The summed E-state index contributed by atoms with van der Waals surface area (Å²) in [5, 5.41) is 3.57. The summed E-state index contributed by atoms with van der Waals surface area (Å²) in [4.78, 5) is 2.62. The van der Waals surface area contributed by atoms with E-state index in [-0.39, 0.29) is 0 Å². The molecule has 0 aromatic heterocycles. The van der Waals surface area contributed by atoms with E-state index in [9.17, 15) is 0 Å². The van der Waals surface area contributed by atoms with Crippen LogP contribution in [-0.4, -0.2) is 37.2 Å². The molecule has 0 spiro atoms. The lowest BCUT2D eigenvalue weighted by Gasteiger charge is -2.25. The fourth-order valence-corrected chi connectivity index (χ4v) is 4.01. The van der Waals surface area contributed by atoms with Crippen molar-refractivity contribution in [1.29, 1.82) is 0 Å².